The smallest absolute Gasteiger partial charge is 0.356 e. The molecule has 1 aromatic carbocycles. The number of hydrogen-bond donors (Lipinski definition) is 2. The number of pyridine rings is 1. The number of carbonyl (C=O) groups is 1. The van der Waals surface area contributed by atoms with Gasteiger partial charge in [0.25, 0.3) is 0 Å². The Bertz CT molecular complexity index is 750. The van der Waals surface area contributed by atoms with Crippen LogP contribution in [0.15, 0.2) is 28.7 Å². The maximum absolute atomic E-state index is 11.9. The lowest BCUT2D eigenvalue weighted by atomic mass is 9.99. The third-order valence-electron chi connectivity index (χ3n) is 4.67. The molecule has 0 radical (unpaired) electrons. The summed E-state index contributed by atoms with van der Waals surface area (Å²) in [6.07, 6.45) is 4.14. The normalized spacial score (nSPS) is 20.3. The number of methoxy groups -OCH3 is 1. The Morgan fingerprint density at radius 1 is 1.42 bits per heavy atom. The number of halogens is 1. The van der Waals surface area contributed by atoms with E-state index in [1.54, 1.807) is 6.07 Å². The van der Waals surface area contributed by atoms with E-state index in [2.05, 4.69) is 26.2 Å². The van der Waals surface area contributed by atoms with Crippen LogP contribution in [0.4, 0.5) is 5.69 Å². The van der Waals surface area contributed by atoms with E-state index in [4.69, 9.17) is 4.74 Å². The summed E-state index contributed by atoms with van der Waals surface area (Å²) >= 11 is 3.50. The van der Waals surface area contributed by atoms with Gasteiger partial charge in [-0.2, -0.15) is 0 Å². The van der Waals surface area contributed by atoms with Gasteiger partial charge in [0.15, 0.2) is 5.69 Å². The fourth-order valence-corrected chi connectivity index (χ4v) is 3.83. The second kappa shape index (κ2) is 7.49. The average molecular weight is 393 g/mol. The summed E-state index contributed by atoms with van der Waals surface area (Å²) in [5.74, 6) is 0.00754. The van der Waals surface area contributed by atoms with Crippen LogP contribution >= 0.6 is 15.9 Å². The summed E-state index contributed by atoms with van der Waals surface area (Å²) in [5, 5.41) is 13.8. The Balaban J connectivity index is 2.00. The van der Waals surface area contributed by atoms with Gasteiger partial charge in [-0.1, -0.05) is 22.4 Å². The van der Waals surface area contributed by atoms with Crippen molar-refractivity contribution >= 4 is 38.5 Å². The van der Waals surface area contributed by atoms with Crippen LogP contribution in [0.2, 0.25) is 0 Å². The molecule has 3 rings (SSSR count). The molecule has 2 unspecified atom stereocenters. The van der Waals surface area contributed by atoms with Gasteiger partial charge in [0.2, 0.25) is 0 Å². The molecule has 0 spiro atoms. The second-order valence-electron chi connectivity index (χ2n) is 6.16. The van der Waals surface area contributed by atoms with Gasteiger partial charge >= 0.3 is 5.97 Å². The first-order valence-corrected chi connectivity index (χ1v) is 8.97. The van der Waals surface area contributed by atoms with Crippen molar-refractivity contribution in [1.82, 2.24) is 4.98 Å². The minimum absolute atomic E-state index is 0.207. The van der Waals surface area contributed by atoms with Gasteiger partial charge < -0.3 is 15.2 Å². The second-order valence-corrected chi connectivity index (χ2v) is 7.08. The van der Waals surface area contributed by atoms with Crippen LogP contribution in [0.3, 0.4) is 0 Å². The zero-order chi connectivity index (χ0) is 17.1. The quantitative estimate of drug-likeness (QED) is 0.758. The maximum Gasteiger partial charge on any atom is 0.356 e. The van der Waals surface area contributed by atoms with Crippen molar-refractivity contribution in [3.05, 3.63) is 34.4 Å². The Kier molecular flexibility index (Phi) is 5.36. The summed E-state index contributed by atoms with van der Waals surface area (Å²) < 4.78 is 5.78. The molecule has 128 valence electrons. The van der Waals surface area contributed by atoms with Crippen LogP contribution in [-0.2, 0) is 4.74 Å². The fraction of sp³-hybridized carbons (Fsp3) is 0.444. The van der Waals surface area contributed by atoms with Crippen molar-refractivity contribution in [3.63, 3.8) is 0 Å². The summed E-state index contributed by atoms with van der Waals surface area (Å²) in [6, 6.07) is 7.85. The third-order valence-corrected chi connectivity index (χ3v) is 5.16. The minimum atomic E-state index is -0.443. The van der Waals surface area contributed by atoms with E-state index < -0.39 is 5.97 Å². The monoisotopic (exact) mass is 392 g/mol. The maximum atomic E-state index is 11.9. The lowest BCUT2D eigenvalue weighted by Crippen LogP contribution is -2.25. The molecule has 0 bridgehead atoms. The Morgan fingerprint density at radius 3 is 3.00 bits per heavy atom. The van der Waals surface area contributed by atoms with Gasteiger partial charge in [-0.3, -0.25) is 0 Å². The summed E-state index contributed by atoms with van der Waals surface area (Å²) in [6.45, 7) is 0.207. The van der Waals surface area contributed by atoms with E-state index in [0.29, 0.717) is 17.7 Å². The highest BCUT2D eigenvalue weighted by atomic mass is 79.9. The van der Waals surface area contributed by atoms with Gasteiger partial charge in [0, 0.05) is 28.2 Å². The standard InChI is InChI=1S/C18H21BrN2O3/c1-24-18(23)17-10-16(13-9-12(19)5-6-15(13)21-17)20-14-4-2-3-11(14)7-8-22/h5-6,9-11,14,22H,2-4,7-8H2,1H3,(H,20,21). The van der Waals surface area contributed by atoms with Crippen LogP contribution in [0.1, 0.15) is 36.2 Å². The van der Waals surface area contributed by atoms with E-state index in [0.717, 1.165) is 46.7 Å². The number of carbonyl (C=O) groups excluding carboxylic acids is 1. The summed E-state index contributed by atoms with van der Waals surface area (Å²) in [5.41, 5.74) is 1.93. The van der Waals surface area contributed by atoms with Gasteiger partial charge in [0.1, 0.15) is 0 Å². The Hall–Kier alpha value is -1.66. The van der Waals surface area contributed by atoms with E-state index in [1.165, 1.54) is 7.11 Å². The van der Waals surface area contributed by atoms with Crippen molar-refractivity contribution in [2.24, 2.45) is 5.92 Å². The zero-order valence-corrected chi connectivity index (χ0v) is 15.2. The average Bonchev–Trinajstić information content (AvgIpc) is 3.01. The van der Waals surface area contributed by atoms with Crippen LogP contribution in [-0.4, -0.2) is 35.8 Å². The topological polar surface area (TPSA) is 71.5 Å². The molecule has 5 nitrogen and oxygen atoms in total. The number of rotatable bonds is 5. The fourth-order valence-electron chi connectivity index (χ4n) is 3.46. The molecule has 0 amide bonds. The highest BCUT2D eigenvalue weighted by molar-refractivity contribution is 9.10. The molecule has 1 aliphatic rings. The van der Waals surface area contributed by atoms with E-state index in [9.17, 15) is 9.90 Å². The number of aliphatic hydroxyl groups excluding tert-OH is 1. The van der Waals surface area contributed by atoms with Crippen molar-refractivity contribution in [3.8, 4) is 0 Å². The first-order chi connectivity index (χ1) is 11.6. The van der Waals surface area contributed by atoms with Crippen LogP contribution in [0.25, 0.3) is 10.9 Å². The van der Waals surface area contributed by atoms with Gasteiger partial charge in [0.05, 0.1) is 12.6 Å². The summed E-state index contributed by atoms with van der Waals surface area (Å²) in [4.78, 5) is 16.3. The SMILES string of the molecule is COC(=O)c1cc(NC2CCCC2CCO)c2cc(Br)ccc2n1. The molecule has 0 saturated heterocycles. The lowest BCUT2D eigenvalue weighted by molar-refractivity contribution is 0.0594. The number of esters is 1. The van der Waals surface area contributed by atoms with Gasteiger partial charge in [-0.15, -0.1) is 0 Å². The molecule has 6 heteroatoms. The highest BCUT2D eigenvalue weighted by Crippen LogP contribution is 2.34. The van der Waals surface area contributed by atoms with Crippen LogP contribution in [0.5, 0.6) is 0 Å². The molecule has 1 aromatic heterocycles. The number of ether oxygens (including phenoxy) is 1. The molecule has 2 atom stereocenters. The number of nitrogens with one attached hydrogen (secondary N) is 1. The van der Waals surface area contributed by atoms with E-state index in [1.807, 2.05) is 18.2 Å². The predicted molar refractivity (Wildman–Crippen MR) is 97.2 cm³/mol. The molecule has 1 heterocycles. The molecule has 1 saturated carbocycles. The van der Waals surface area contributed by atoms with Gasteiger partial charge in [-0.05, 0) is 49.4 Å². The molecule has 1 aliphatic carbocycles. The highest BCUT2D eigenvalue weighted by Gasteiger charge is 2.27. The van der Waals surface area contributed by atoms with Crippen molar-refractivity contribution in [1.29, 1.82) is 0 Å². The number of anilines is 1. The third kappa shape index (κ3) is 3.54. The molecular formula is C18H21BrN2O3. The molecular weight excluding hydrogens is 372 g/mol. The Morgan fingerprint density at radius 2 is 2.25 bits per heavy atom. The lowest BCUT2D eigenvalue weighted by Gasteiger charge is -2.22. The number of fused-ring (bicyclic) bond motifs is 1. The number of nitrogens with zero attached hydrogens (tertiary/aromatic N) is 1. The molecule has 2 N–H and O–H groups in total. The largest absolute Gasteiger partial charge is 0.464 e. The zero-order valence-electron chi connectivity index (χ0n) is 13.6. The van der Waals surface area contributed by atoms with E-state index in [-0.39, 0.29) is 6.61 Å². The number of benzene rings is 1. The first-order valence-electron chi connectivity index (χ1n) is 8.18. The number of hydrogen-bond acceptors (Lipinski definition) is 5. The van der Waals surface area contributed by atoms with Crippen molar-refractivity contribution in [2.75, 3.05) is 19.0 Å². The first kappa shape index (κ1) is 17.2. The number of aliphatic hydroxyl groups is 1. The van der Waals surface area contributed by atoms with E-state index >= 15 is 0 Å². The van der Waals surface area contributed by atoms with Crippen molar-refractivity contribution < 1.29 is 14.6 Å². The van der Waals surface area contributed by atoms with Crippen molar-refractivity contribution in [2.45, 2.75) is 31.7 Å². The molecule has 2 aromatic rings. The van der Waals surface area contributed by atoms with Gasteiger partial charge in [-0.25, -0.2) is 9.78 Å². The van der Waals surface area contributed by atoms with Crippen LogP contribution < -0.4 is 5.32 Å². The summed E-state index contributed by atoms with van der Waals surface area (Å²) in [7, 11) is 1.36. The van der Waals surface area contributed by atoms with Crippen LogP contribution in [0, 0.1) is 5.92 Å². The molecule has 24 heavy (non-hydrogen) atoms. The molecule has 0 aliphatic heterocycles. The Labute approximate surface area is 149 Å². The molecule has 1 fully saturated rings. The number of aromatic nitrogens is 1. The minimum Gasteiger partial charge on any atom is -0.464 e. The predicted octanol–water partition coefficient (Wildman–Crippen LogP) is 3.75.